The highest BCUT2D eigenvalue weighted by Crippen LogP contribution is 2.56. The molecule has 2 aromatic rings. The van der Waals surface area contributed by atoms with Gasteiger partial charge in [0.15, 0.2) is 0 Å². The van der Waals surface area contributed by atoms with Gasteiger partial charge in [0.2, 0.25) is 0 Å². The van der Waals surface area contributed by atoms with Crippen LogP contribution >= 0.6 is 0 Å². The average Bonchev–Trinajstić information content (AvgIpc) is 3.04. The second-order valence-corrected chi connectivity index (χ2v) is 6.26. The summed E-state index contributed by atoms with van der Waals surface area (Å²) < 4.78 is 1.88. The molecule has 0 spiro atoms. The number of nitrogens with zero attached hydrogens (tertiary/aromatic N) is 2. The zero-order valence-electron chi connectivity index (χ0n) is 12.6. The number of carboxylic acids is 1. The summed E-state index contributed by atoms with van der Waals surface area (Å²) in [5, 5.41) is 9.71. The minimum atomic E-state index is -0.830. The molecule has 1 unspecified atom stereocenters. The van der Waals surface area contributed by atoms with Gasteiger partial charge >= 0.3 is 5.97 Å². The number of hydrogen-bond acceptors (Lipinski definition) is 3. The summed E-state index contributed by atoms with van der Waals surface area (Å²) in [5.74, 6) is -0.315. The predicted octanol–water partition coefficient (Wildman–Crippen LogP) is 2.20. The van der Waals surface area contributed by atoms with Crippen LogP contribution in [0.2, 0.25) is 0 Å². The maximum Gasteiger partial charge on any atom is 0.316 e. The molecular formula is C17H21N3O2. The van der Waals surface area contributed by atoms with E-state index in [0.29, 0.717) is 24.6 Å². The molecule has 0 aliphatic heterocycles. The van der Waals surface area contributed by atoms with E-state index < -0.39 is 11.4 Å². The number of aliphatic carboxylic acids is 1. The second kappa shape index (κ2) is 5.57. The minimum absolute atomic E-state index is 0.127. The second-order valence-electron chi connectivity index (χ2n) is 6.26. The molecule has 3 atom stereocenters. The molecule has 0 amide bonds. The molecular weight excluding hydrogens is 278 g/mol. The summed E-state index contributed by atoms with van der Waals surface area (Å²) in [5.41, 5.74) is 6.47. The van der Waals surface area contributed by atoms with Gasteiger partial charge in [0.1, 0.15) is 5.41 Å². The predicted molar refractivity (Wildman–Crippen MR) is 83.8 cm³/mol. The molecule has 0 saturated heterocycles. The van der Waals surface area contributed by atoms with Crippen LogP contribution in [0.4, 0.5) is 0 Å². The maximum atomic E-state index is 11.8. The highest BCUT2D eigenvalue weighted by atomic mass is 16.4. The van der Waals surface area contributed by atoms with Crippen molar-refractivity contribution >= 4 is 5.97 Å². The van der Waals surface area contributed by atoms with Crippen LogP contribution in [0.15, 0.2) is 42.9 Å². The van der Waals surface area contributed by atoms with E-state index in [1.54, 1.807) is 6.33 Å². The average molecular weight is 299 g/mol. The van der Waals surface area contributed by atoms with E-state index in [1.807, 2.05) is 41.1 Å². The lowest BCUT2D eigenvalue weighted by Gasteiger charge is -2.12. The Labute approximate surface area is 129 Å². The van der Waals surface area contributed by atoms with E-state index in [2.05, 4.69) is 11.9 Å². The van der Waals surface area contributed by atoms with Crippen LogP contribution in [0.3, 0.4) is 0 Å². The molecule has 22 heavy (non-hydrogen) atoms. The first-order valence-corrected chi connectivity index (χ1v) is 7.61. The van der Waals surface area contributed by atoms with E-state index in [-0.39, 0.29) is 5.92 Å². The van der Waals surface area contributed by atoms with Gasteiger partial charge in [0, 0.05) is 11.9 Å². The molecule has 1 heterocycles. The van der Waals surface area contributed by atoms with Crippen molar-refractivity contribution in [2.45, 2.75) is 25.2 Å². The molecule has 5 heteroatoms. The number of benzene rings is 1. The summed E-state index contributed by atoms with van der Waals surface area (Å²) in [7, 11) is 0. The zero-order valence-corrected chi connectivity index (χ0v) is 12.6. The summed E-state index contributed by atoms with van der Waals surface area (Å²) in [4.78, 5) is 16.2. The first-order valence-electron chi connectivity index (χ1n) is 7.61. The molecule has 1 saturated carbocycles. The first kappa shape index (κ1) is 14.8. The van der Waals surface area contributed by atoms with E-state index in [1.165, 1.54) is 0 Å². The van der Waals surface area contributed by atoms with Crippen LogP contribution in [0.1, 0.15) is 25.5 Å². The van der Waals surface area contributed by atoms with Gasteiger partial charge in [0.25, 0.3) is 0 Å². The van der Waals surface area contributed by atoms with E-state index in [9.17, 15) is 9.90 Å². The summed E-state index contributed by atoms with van der Waals surface area (Å²) in [6.07, 6.45) is 5.02. The number of carboxylic acid groups (broad SMARTS) is 1. The fourth-order valence-corrected chi connectivity index (χ4v) is 3.18. The zero-order chi connectivity index (χ0) is 15.7. The van der Waals surface area contributed by atoms with Gasteiger partial charge in [-0.3, -0.25) is 4.79 Å². The Morgan fingerprint density at radius 2 is 2.23 bits per heavy atom. The van der Waals surface area contributed by atoms with Crippen molar-refractivity contribution < 1.29 is 9.90 Å². The molecule has 1 aliphatic carbocycles. The fraction of sp³-hybridized carbons (Fsp3) is 0.412. The highest BCUT2D eigenvalue weighted by Gasteiger charge is 2.62. The van der Waals surface area contributed by atoms with Crippen LogP contribution < -0.4 is 5.73 Å². The van der Waals surface area contributed by atoms with Gasteiger partial charge in [-0.25, -0.2) is 4.98 Å². The van der Waals surface area contributed by atoms with Crippen molar-refractivity contribution in [2.75, 3.05) is 6.54 Å². The van der Waals surface area contributed by atoms with Gasteiger partial charge in [-0.05, 0) is 43.4 Å². The van der Waals surface area contributed by atoms with Crippen LogP contribution in [-0.4, -0.2) is 27.2 Å². The first-order chi connectivity index (χ1) is 10.6. The van der Waals surface area contributed by atoms with Crippen LogP contribution in [0.5, 0.6) is 0 Å². The van der Waals surface area contributed by atoms with Crippen molar-refractivity contribution in [1.29, 1.82) is 0 Å². The summed E-state index contributed by atoms with van der Waals surface area (Å²) in [6.45, 7) is 2.65. The van der Waals surface area contributed by atoms with Gasteiger partial charge < -0.3 is 15.4 Å². The lowest BCUT2D eigenvalue weighted by Crippen LogP contribution is -2.24. The molecule has 1 fully saturated rings. The third-order valence-corrected chi connectivity index (χ3v) is 4.67. The minimum Gasteiger partial charge on any atom is -0.481 e. The van der Waals surface area contributed by atoms with Gasteiger partial charge in [-0.2, -0.15) is 0 Å². The van der Waals surface area contributed by atoms with Crippen LogP contribution in [-0.2, 0) is 10.2 Å². The van der Waals surface area contributed by atoms with Crippen LogP contribution in [0, 0.1) is 11.8 Å². The topological polar surface area (TPSA) is 81.1 Å². The van der Waals surface area contributed by atoms with Crippen molar-refractivity contribution in [3.8, 4) is 5.69 Å². The molecule has 3 rings (SSSR count). The summed E-state index contributed by atoms with van der Waals surface area (Å²) in [6, 6.07) is 9.79. The Hall–Kier alpha value is -2.14. The molecule has 116 valence electrons. The van der Waals surface area contributed by atoms with Crippen molar-refractivity contribution in [1.82, 2.24) is 9.55 Å². The SMILES string of the molecule is C[C@@H](CN)C[C@H]1CC1(C(=O)O)c1cn(-c2ccccc2)cn1. The van der Waals surface area contributed by atoms with Gasteiger partial charge in [-0.15, -0.1) is 0 Å². The Bertz CT molecular complexity index is 668. The van der Waals surface area contributed by atoms with E-state index in [0.717, 1.165) is 12.1 Å². The largest absolute Gasteiger partial charge is 0.481 e. The third kappa shape index (κ3) is 2.41. The highest BCUT2D eigenvalue weighted by molar-refractivity contribution is 5.85. The number of nitrogens with two attached hydrogens (primary N) is 1. The van der Waals surface area contributed by atoms with Gasteiger partial charge in [-0.1, -0.05) is 25.1 Å². The standard InChI is InChI=1S/C17H21N3O2/c1-12(9-18)7-13-8-17(13,16(21)22)15-10-20(11-19-15)14-5-3-2-4-6-14/h2-6,10-13H,7-9,18H2,1H3,(H,21,22)/t12-,13+,17?/m1/s1. The van der Waals surface area contributed by atoms with E-state index >= 15 is 0 Å². The molecule has 1 aromatic heterocycles. The maximum absolute atomic E-state index is 11.8. The third-order valence-electron chi connectivity index (χ3n) is 4.67. The number of hydrogen-bond donors (Lipinski definition) is 2. The molecule has 1 aliphatic rings. The smallest absolute Gasteiger partial charge is 0.316 e. The Morgan fingerprint density at radius 3 is 2.86 bits per heavy atom. The molecule has 0 bridgehead atoms. The Kier molecular flexibility index (Phi) is 3.74. The number of para-hydroxylation sites is 1. The van der Waals surface area contributed by atoms with Gasteiger partial charge in [0.05, 0.1) is 12.0 Å². The quantitative estimate of drug-likeness (QED) is 0.857. The molecule has 1 aromatic carbocycles. The lowest BCUT2D eigenvalue weighted by atomic mass is 9.94. The number of aromatic nitrogens is 2. The summed E-state index contributed by atoms with van der Waals surface area (Å²) >= 11 is 0. The van der Waals surface area contributed by atoms with Crippen molar-refractivity contribution in [3.05, 3.63) is 48.5 Å². The number of carbonyl (C=O) groups is 1. The molecule has 5 nitrogen and oxygen atoms in total. The van der Waals surface area contributed by atoms with E-state index in [4.69, 9.17) is 5.73 Å². The molecule has 3 N–H and O–H groups in total. The molecule has 0 radical (unpaired) electrons. The monoisotopic (exact) mass is 299 g/mol. The lowest BCUT2D eigenvalue weighted by molar-refractivity contribution is -0.140. The van der Waals surface area contributed by atoms with Crippen molar-refractivity contribution in [2.24, 2.45) is 17.6 Å². The van der Waals surface area contributed by atoms with Crippen LogP contribution in [0.25, 0.3) is 5.69 Å². The Balaban J connectivity index is 1.86. The Morgan fingerprint density at radius 1 is 1.50 bits per heavy atom. The van der Waals surface area contributed by atoms with Crippen molar-refractivity contribution in [3.63, 3.8) is 0 Å². The number of imidazole rings is 1. The number of rotatable bonds is 6. The fourth-order valence-electron chi connectivity index (χ4n) is 3.18. The normalized spacial score (nSPS) is 24.9.